The lowest BCUT2D eigenvalue weighted by Gasteiger charge is -2.20. The van der Waals surface area contributed by atoms with Crippen molar-refractivity contribution in [1.29, 1.82) is 0 Å². The minimum absolute atomic E-state index is 0.0246. The molecular formula is C19H16O3. The SMILES string of the molecule is O=C1c2ccccc2CC[C@]12O[C@H]2[C@@H]1O[C@H]1c1ccccc1. The normalized spacial score (nSPS) is 35.3. The average molecular weight is 292 g/mol. The van der Waals surface area contributed by atoms with Crippen molar-refractivity contribution in [2.24, 2.45) is 0 Å². The van der Waals surface area contributed by atoms with E-state index in [0.717, 1.165) is 24.0 Å². The zero-order valence-corrected chi connectivity index (χ0v) is 12.1. The molecule has 2 saturated heterocycles. The van der Waals surface area contributed by atoms with Gasteiger partial charge in [-0.15, -0.1) is 0 Å². The van der Waals surface area contributed by atoms with Crippen LogP contribution in [0.25, 0.3) is 0 Å². The smallest absolute Gasteiger partial charge is 0.197 e. The summed E-state index contributed by atoms with van der Waals surface area (Å²) < 4.78 is 11.7. The Morgan fingerprint density at radius 3 is 2.64 bits per heavy atom. The monoisotopic (exact) mass is 292 g/mol. The number of fused-ring (bicyclic) bond motifs is 1. The first-order valence-electron chi connectivity index (χ1n) is 7.80. The number of hydrogen-bond donors (Lipinski definition) is 0. The number of hydrogen-bond acceptors (Lipinski definition) is 3. The first kappa shape index (κ1) is 12.6. The predicted octanol–water partition coefficient (Wildman–Crippen LogP) is 3.09. The van der Waals surface area contributed by atoms with Crippen LogP contribution < -0.4 is 0 Å². The Morgan fingerprint density at radius 2 is 1.77 bits per heavy atom. The Morgan fingerprint density at radius 1 is 1.00 bits per heavy atom. The number of aryl methyl sites for hydroxylation is 1. The highest BCUT2D eigenvalue weighted by Gasteiger charge is 2.71. The molecule has 0 amide bonds. The summed E-state index contributed by atoms with van der Waals surface area (Å²) in [6.45, 7) is 0. The van der Waals surface area contributed by atoms with Gasteiger partial charge in [-0.3, -0.25) is 4.79 Å². The second-order valence-corrected chi connectivity index (χ2v) is 6.35. The summed E-state index contributed by atoms with van der Waals surface area (Å²) in [5.74, 6) is 0.140. The van der Waals surface area contributed by atoms with E-state index in [4.69, 9.17) is 9.47 Å². The number of ketones is 1. The van der Waals surface area contributed by atoms with Gasteiger partial charge in [0.2, 0.25) is 0 Å². The Balaban J connectivity index is 1.38. The zero-order chi connectivity index (χ0) is 14.7. The molecule has 2 aliphatic heterocycles. The Kier molecular flexibility index (Phi) is 2.44. The van der Waals surface area contributed by atoms with Gasteiger partial charge in [-0.2, -0.15) is 0 Å². The summed E-state index contributed by atoms with van der Waals surface area (Å²) in [6, 6.07) is 18.0. The van der Waals surface area contributed by atoms with E-state index >= 15 is 0 Å². The van der Waals surface area contributed by atoms with Crippen molar-refractivity contribution in [3.8, 4) is 0 Å². The van der Waals surface area contributed by atoms with Gasteiger partial charge >= 0.3 is 0 Å². The van der Waals surface area contributed by atoms with E-state index < -0.39 is 5.60 Å². The number of epoxide rings is 2. The van der Waals surface area contributed by atoms with Crippen molar-refractivity contribution in [1.82, 2.24) is 0 Å². The quantitative estimate of drug-likeness (QED) is 0.799. The summed E-state index contributed by atoms with van der Waals surface area (Å²) in [5.41, 5.74) is 2.52. The highest BCUT2D eigenvalue weighted by atomic mass is 16.7. The van der Waals surface area contributed by atoms with Crippen molar-refractivity contribution < 1.29 is 14.3 Å². The molecule has 3 aliphatic rings. The molecular weight excluding hydrogens is 276 g/mol. The Labute approximate surface area is 128 Å². The van der Waals surface area contributed by atoms with Crippen LogP contribution in [0.3, 0.4) is 0 Å². The first-order valence-corrected chi connectivity index (χ1v) is 7.80. The molecule has 110 valence electrons. The first-order chi connectivity index (χ1) is 10.8. The summed E-state index contributed by atoms with van der Waals surface area (Å²) >= 11 is 0. The van der Waals surface area contributed by atoms with E-state index in [9.17, 15) is 4.79 Å². The number of carbonyl (C=O) groups excluding carboxylic acids is 1. The van der Waals surface area contributed by atoms with Gasteiger partial charge in [-0.1, -0.05) is 54.6 Å². The van der Waals surface area contributed by atoms with Crippen LogP contribution in [0.1, 0.15) is 34.0 Å². The fourth-order valence-electron chi connectivity index (χ4n) is 3.80. The summed E-state index contributed by atoms with van der Waals surface area (Å²) in [7, 11) is 0. The summed E-state index contributed by atoms with van der Waals surface area (Å²) in [4.78, 5) is 12.8. The molecule has 2 aromatic rings. The van der Waals surface area contributed by atoms with Crippen molar-refractivity contribution in [2.45, 2.75) is 36.8 Å². The van der Waals surface area contributed by atoms with Gasteiger partial charge in [-0.05, 0) is 24.0 Å². The molecule has 22 heavy (non-hydrogen) atoms. The number of Topliss-reactive ketones (excluding diaryl/α,β-unsaturated/α-hetero) is 1. The Bertz CT molecular complexity index is 754. The lowest BCUT2D eigenvalue weighted by atomic mass is 9.79. The number of ether oxygens (including phenoxy) is 2. The van der Waals surface area contributed by atoms with Gasteiger partial charge in [0.25, 0.3) is 0 Å². The molecule has 2 fully saturated rings. The number of carbonyl (C=O) groups is 1. The zero-order valence-electron chi connectivity index (χ0n) is 12.1. The lowest BCUT2D eigenvalue weighted by Crippen LogP contribution is -2.34. The topological polar surface area (TPSA) is 42.1 Å². The largest absolute Gasteiger partial charge is 0.362 e. The maximum absolute atomic E-state index is 12.8. The molecule has 1 aliphatic carbocycles. The third kappa shape index (κ3) is 1.67. The molecule has 3 nitrogen and oxygen atoms in total. The standard InChI is InChI=1S/C19H16O3/c20-17-14-9-5-4-6-12(14)10-11-19(17)18(22-19)16-15(21-16)13-7-2-1-3-8-13/h1-9,15-16,18H,10-11H2/t15-,16+,18-,19-/m0/s1. The van der Waals surface area contributed by atoms with Crippen LogP contribution in [-0.2, 0) is 15.9 Å². The van der Waals surface area contributed by atoms with Crippen molar-refractivity contribution in [2.75, 3.05) is 0 Å². The van der Waals surface area contributed by atoms with Gasteiger partial charge in [0.15, 0.2) is 11.4 Å². The summed E-state index contributed by atoms with van der Waals surface area (Å²) in [6.07, 6.45) is 1.70. The maximum atomic E-state index is 12.8. The van der Waals surface area contributed by atoms with Gasteiger partial charge in [0.1, 0.15) is 18.3 Å². The van der Waals surface area contributed by atoms with E-state index in [1.807, 2.05) is 42.5 Å². The van der Waals surface area contributed by atoms with Crippen molar-refractivity contribution in [3.63, 3.8) is 0 Å². The van der Waals surface area contributed by atoms with Crippen LogP contribution in [0.4, 0.5) is 0 Å². The van der Waals surface area contributed by atoms with Crippen molar-refractivity contribution in [3.05, 3.63) is 71.3 Å². The minimum atomic E-state index is -0.622. The second-order valence-electron chi connectivity index (χ2n) is 6.35. The van der Waals surface area contributed by atoms with Gasteiger partial charge in [0, 0.05) is 5.56 Å². The van der Waals surface area contributed by atoms with Crippen LogP contribution in [0.2, 0.25) is 0 Å². The van der Waals surface area contributed by atoms with E-state index in [1.165, 1.54) is 5.56 Å². The fourth-order valence-corrected chi connectivity index (χ4v) is 3.80. The number of rotatable bonds is 2. The third-order valence-electron chi connectivity index (χ3n) is 5.10. The van der Waals surface area contributed by atoms with E-state index in [1.54, 1.807) is 0 Å². The molecule has 0 bridgehead atoms. The van der Waals surface area contributed by atoms with E-state index in [2.05, 4.69) is 12.1 Å². The van der Waals surface area contributed by atoms with Gasteiger partial charge in [0.05, 0.1) is 0 Å². The molecule has 0 radical (unpaired) electrons. The van der Waals surface area contributed by atoms with Gasteiger partial charge < -0.3 is 9.47 Å². The lowest BCUT2D eigenvalue weighted by molar-refractivity contribution is 0.0850. The molecule has 0 unspecified atom stereocenters. The maximum Gasteiger partial charge on any atom is 0.197 e. The minimum Gasteiger partial charge on any atom is -0.362 e. The van der Waals surface area contributed by atoms with E-state index in [0.29, 0.717) is 0 Å². The predicted molar refractivity (Wildman–Crippen MR) is 80.8 cm³/mol. The van der Waals surface area contributed by atoms with Crippen LogP contribution in [-0.4, -0.2) is 23.6 Å². The van der Waals surface area contributed by atoms with Crippen molar-refractivity contribution >= 4 is 5.78 Å². The van der Waals surface area contributed by atoms with E-state index in [-0.39, 0.29) is 24.1 Å². The van der Waals surface area contributed by atoms with Crippen LogP contribution in [0.5, 0.6) is 0 Å². The van der Waals surface area contributed by atoms with Crippen LogP contribution in [0.15, 0.2) is 54.6 Å². The van der Waals surface area contributed by atoms with Gasteiger partial charge in [-0.25, -0.2) is 0 Å². The molecule has 2 aromatic carbocycles. The fraction of sp³-hybridized carbons (Fsp3) is 0.316. The molecule has 2 heterocycles. The highest BCUT2D eigenvalue weighted by molar-refractivity contribution is 6.07. The molecule has 0 aromatic heterocycles. The molecule has 4 atom stereocenters. The third-order valence-corrected chi connectivity index (χ3v) is 5.10. The molecule has 0 N–H and O–H groups in total. The molecule has 0 saturated carbocycles. The molecule has 3 heteroatoms. The molecule has 5 rings (SSSR count). The average Bonchev–Trinajstić information content (AvgIpc) is 3.47. The second kappa shape index (κ2) is 4.28. The number of benzene rings is 2. The molecule has 1 spiro atoms. The van der Waals surface area contributed by atoms with Crippen LogP contribution in [0, 0.1) is 0 Å². The van der Waals surface area contributed by atoms with Crippen LogP contribution >= 0.6 is 0 Å². The Hall–Kier alpha value is -1.97. The highest BCUT2D eigenvalue weighted by Crippen LogP contribution is 2.56. The summed E-state index contributed by atoms with van der Waals surface area (Å²) in [5, 5.41) is 0.